The number of hydrogen-bond donors (Lipinski definition) is 2. The van der Waals surface area contributed by atoms with Crippen LogP contribution in [0, 0.1) is 0 Å². The molecular formula is C16H16F5N3O. The number of halogens is 5. The van der Waals surface area contributed by atoms with Gasteiger partial charge in [0.05, 0.1) is 5.69 Å². The summed E-state index contributed by atoms with van der Waals surface area (Å²) < 4.78 is 64.5. The molecule has 0 saturated heterocycles. The molecule has 1 aromatic carbocycles. The fourth-order valence-corrected chi connectivity index (χ4v) is 2.25. The Balaban J connectivity index is 2.45. The van der Waals surface area contributed by atoms with E-state index in [1.54, 1.807) is 0 Å². The van der Waals surface area contributed by atoms with E-state index in [1.807, 2.05) is 6.92 Å². The normalized spacial score (nSPS) is 15.0. The molecule has 0 atom stereocenters. The highest BCUT2D eigenvalue weighted by Gasteiger charge is 2.58. The molecule has 0 spiro atoms. The Labute approximate surface area is 140 Å². The largest absolute Gasteiger partial charge is 0.458 e. The van der Waals surface area contributed by atoms with Crippen LogP contribution >= 0.6 is 0 Å². The average molecular weight is 361 g/mol. The second kappa shape index (κ2) is 6.81. The number of benzene rings is 1. The van der Waals surface area contributed by atoms with Gasteiger partial charge in [0.15, 0.2) is 0 Å². The minimum absolute atomic E-state index is 0.0325. The number of nitrogens with one attached hydrogen (secondary N) is 1. The fraction of sp³-hybridized carbons (Fsp3) is 0.375. The first-order valence-electron chi connectivity index (χ1n) is 7.47. The van der Waals surface area contributed by atoms with Gasteiger partial charge in [-0.3, -0.25) is 4.79 Å². The molecule has 136 valence electrons. The third-order valence-electron chi connectivity index (χ3n) is 3.54. The maximum absolute atomic E-state index is 13.5. The van der Waals surface area contributed by atoms with Crippen LogP contribution < -0.4 is 11.1 Å². The summed E-state index contributed by atoms with van der Waals surface area (Å²) in [7, 11) is 0. The molecule has 0 aromatic heterocycles. The summed E-state index contributed by atoms with van der Waals surface area (Å²) in [6, 6.07) is 2.38. The van der Waals surface area contributed by atoms with Crippen LogP contribution in [0.5, 0.6) is 0 Å². The maximum atomic E-state index is 13.5. The number of fused-ring (bicyclic) bond motifs is 1. The number of nitrogens with two attached hydrogens (primary N) is 1. The summed E-state index contributed by atoms with van der Waals surface area (Å²) in [4.78, 5) is 15.9. The van der Waals surface area contributed by atoms with E-state index >= 15 is 0 Å². The minimum atomic E-state index is -5.72. The predicted molar refractivity (Wildman–Crippen MR) is 83.6 cm³/mol. The van der Waals surface area contributed by atoms with Crippen molar-refractivity contribution >= 4 is 23.5 Å². The van der Waals surface area contributed by atoms with Gasteiger partial charge in [-0.05, 0) is 18.6 Å². The third-order valence-corrected chi connectivity index (χ3v) is 3.54. The van der Waals surface area contributed by atoms with Crippen LogP contribution in [-0.4, -0.2) is 24.5 Å². The van der Waals surface area contributed by atoms with Crippen molar-refractivity contribution in [3.8, 4) is 0 Å². The van der Waals surface area contributed by atoms with Crippen molar-refractivity contribution in [2.45, 2.75) is 31.9 Å². The number of amidine groups is 1. The molecule has 0 radical (unpaired) electrons. The van der Waals surface area contributed by atoms with Crippen LogP contribution in [0.15, 0.2) is 28.8 Å². The number of rotatable bonds is 4. The maximum Gasteiger partial charge on any atom is 0.458 e. The third kappa shape index (κ3) is 3.97. The monoisotopic (exact) mass is 361 g/mol. The summed E-state index contributed by atoms with van der Waals surface area (Å²) in [6.45, 7) is 2.31. The second-order valence-corrected chi connectivity index (χ2v) is 5.55. The summed E-state index contributed by atoms with van der Waals surface area (Å²) >= 11 is 0. The van der Waals surface area contributed by atoms with Crippen molar-refractivity contribution in [2.24, 2.45) is 10.7 Å². The van der Waals surface area contributed by atoms with E-state index in [2.05, 4.69) is 10.3 Å². The van der Waals surface area contributed by atoms with Gasteiger partial charge in [0.2, 0.25) is 5.91 Å². The van der Waals surface area contributed by atoms with Crippen LogP contribution in [0.3, 0.4) is 0 Å². The SMILES string of the molecule is CCCNC(=O)C1=Cc2ccc(C(F)(F)C(F)(F)F)cc2N=C(N)C1. The topological polar surface area (TPSA) is 67.5 Å². The number of nitrogens with zero attached hydrogens (tertiary/aromatic N) is 1. The first kappa shape index (κ1) is 18.9. The average Bonchev–Trinajstić information content (AvgIpc) is 2.68. The molecule has 0 saturated carbocycles. The van der Waals surface area contributed by atoms with E-state index in [0.29, 0.717) is 18.7 Å². The molecule has 9 heteroatoms. The summed E-state index contributed by atoms with van der Waals surface area (Å²) in [5.74, 6) is -5.45. The molecule has 1 amide bonds. The lowest BCUT2D eigenvalue weighted by Crippen LogP contribution is -2.33. The molecule has 4 nitrogen and oxygen atoms in total. The highest BCUT2D eigenvalue weighted by Crippen LogP contribution is 2.45. The van der Waals surface area contributed by atoms with Gasteiger partial charge >= 0.3 is 12.1 Å². The highest BCUT2D eigenvalue weighted by atomic mass is 19.4. The van der Waals surface area contributed by atoms with E-state index < -0.39 is 23.6 Å². The Kier molecular flexibility index (Phi) is 5.15. The fourth-order valence-electron chi connectivity index (χ4n) is 2.25. The van der Waals surface area contributed by atoms with E-state index in [0.717, 1.165) is 12.5 Å². The molecule has 2 rings (SSSR count). The van der Waals surface area contributed by atoms with Crippen molar-refractivity contribution in [3.05, 3.63) is 34.9 Å². The van der Waals surface area contributed by atoms with Crippen LogP contribution in [0.2, 0.25) is 0 Å². The second-order valence-electron chi connectivity index (χ2n) is 5.55. The first-order valence-corrected chi connectivity index (χ1v) is 7.47. The Morgan fingerprint density at radius 1 is 1.28 bits per heavy atom. The molecule has 0 fully saturated rings. The summed E-state index contributed by atoms with van der Waals surface area (Å²) in [5, 5.41) is 2.65. The number of hydrogen-bond acceptors (Lipinski definition) is 3. The Morgan fingerprint density at radius 2 is 1.96 bits per heavy atom. The van der Waals surface area contributed by atoms with Crippen LogP contribution in [0.25, 0.3) is 6.08 Å². The molecular weight excluding hydrogens is 345 g/mol. The van der Waals surface area contributed by atoms with Crippen molar-refractivity contribution in [3.63, 3.8) is 0 Å². The summed E-state index contributed by atoms with van der Waals surface area (Å²) in [5.41, 5.74) is 4.79. The number of amides is 1. The van der Waals surface area contributed by atoms with Gasteiger partial charge in [-0.25, -0.2) is 4.99 Å². The number of aliphatic imine (C=N–C) groups is 1. The number of alkyl halides is 5. The van der Waals surface area contributed by atoms with Crippen LogP contribution in [-0.2, 0) is 10.7 Å². The van der Waals surface area contributed by atoms with Gasteiger partial charge in [-0.15, -0.1) is 0 Å². The standard InChI is InChI=1S/C16H16F5N3O/c1-2-5-23-14(25)10-6-9-3-4-11(15(17,18)16(19,20)21)8-12(9)24-13(22)7-10/h3-4,6,8H,2,5,7H2,1H3,(H2,22,24)(H,23,25). The molecule has 0 unspecified atom stereocenters. The minimum Gasteiger partial charge on any atom is -0.387 e. The molecule has 1 heterocycles. The zero-order valence-corrected chi connectivity index (χ0v) is 13.3. The number of carbonyl (C=O) groups is 1. The van der Waals surface area contributed by atoms with Crippen LogP contribution in [0.1, 0.15) is 30.9 Å². The van der Waals surface area contributed by atoms with Gasteiger partial charge in [0.25, 0.3) is 0 Å². The van der Waals surface area contributed by atoms with Crippen LogP contribution in [0.4, 0.5) is 27.6 Å². The Morgan fingerprint density at radius 3 is 2.56 bits per heavy atom. The zero-order chi connectivity index (χ0) is 18.8. The van der Waals surface area contributed by atoms with Gasteiger partial charge in [-0.2, -0.15) is 22.0 Å². The van der Waals surface area contributed by atoms with Crippen molar-refractivity contribution in [1.82, 2.24) is 5.32 Å². The molecule has 25 heavy (non-hydrogen) atoms. The zero-order valence-electron chi connectivity index (χ0n) is 13.3. The number of carbonyl (C=O) groups excluding carboxylic acids is 1. The van der Waals surface area contributed by atoms with Gasteiger partial charge in [0, 0.05) is 29.7 Å². The van der Waals surface area contributed by atoms with Crippen molar-refractivity contribution in [2.75, 3.05) is 6.54 Å². The molecule has 0 aliphatic carbocycles. The van der Waals surface area contributed by atoms with E-state index in [4.69, 9.17) is 5.73 Å². The highest BCUT2D eigenvalue weighted by molar-refractivity contribution is 6.05. The van der Waals surface area contributed by atoms with E-state index in [-0.39, 0.29) is 29.1 Å². The van der Waals surface area contributed by atoms with E-state index in [9.17, 15) is 26.7 Å². The van der Waals surface area contributed by atoms with E-state index in [1.165, 1.54) is 6.08 Å². The lowest BCUT2D eigenvalue weighted by Gasteiger charge is -2.20. The quantitative estimate of drug-likeness (QED) is 0.804. The summed E-state index contributed by atoms with van der Waals surface area (Å²) in [6.07, 6.45) is -3.65. The first-order chi connectivity index (χ1) is 11.6. The predicted octanol–water partition coefficient (Wildman–Crippen LogP) is 3.64. The van der Waals surface area contributed by atoms with Gasteiger partial charge < -0.3 is 11.1 Å². The van der Waals surface area contributed by atoms with Gasteiger partial charge in [-0.1, -0.05) is 19.1 Å². The lowest BCUT2D eigenvalue weighted by molar-refractivity contribution is -0.289. The molecule has 1 aliphatic rings. The van der Waals surface area contributed by atoms with Gasteiger partial charge in [0.1, 0.15) is 5.84 Å². The Hall–Kier alpha value is -2.45. The smallest absolute Gasteiger partial charge is 0.387 e. The Bertz CT molecular complexity index is 738. The van der Waals surface area contributed by atoms with Crippen molar-refractivity contribution in [1.29, 1.82) is 0 Å². The lowest BCUT2D eigenvalue weighted by atomic mass is 10.0. The van der Waals surface area contributed by atoms with Crippen molar-refractivity contribution < 1.29 is 26.7 Å². The molecule has 1 aliphatic heterocycles. The molecule has 3 N–H and O–H groups in total. The molecule has 0 bridgehead atoms. The molecule has 1 aromatic rings.